The summed E-state index contributed by atoms with van der Waals surface area (Å²) in [7, 11) is 0. The van der Waals surface area contributed by atoms with E-state index in [1.165, 1.54) is 18.2 Å². The molecule has 0 saturated heterocycles. The number of carbonyl (C=O) groups excluding carboxylic acids is 1. The summed E-state index contributed by atoms with van der Waals surface area (Å²) in [6, 6.07) is 22.8. The molecule has 3 aromatic carbocycles. The number of aromatic nitrogens is 1. The molecular weight excluding hydrogens is 473 g/mol. The fraction of sp³-hybridized carbons (Fsp3) is 0.194. The van der Waals surface area contributed by atoms with E-state index in [1.807, 2.05) is 42.5 Å². The van der Waals surface area contributed by atoms with E-state index < -0.39 is 0 Å². The zero-order chi connectivity index (χ0) is 25.7. The van der Waals surface area contributed by atoms with Crippen LogP contribution in [0.25, 0.3) is 28.1 Å². The van der Waals surface area contributed by atoms with E-state index in [2.05, 4.69) is 31.0 Å². The van der Waals surface area contributed by atoms with Gasteiger partial charge in [0.05, 0.1) is 11.6 Å². The highest BCUT2D eigenvalue weighted by molar-refractivity contribution is 6.32. The van der Waals surface area contributed by atoms with Gasteiger partial charge in [-0.1, -0.05) is 74.0 Å². The van der Waals surface area contributed by atoms with Crippen LogP contribution in [0.3, 0.4) is 0 Å². The Balaban J connectivity index is 1.90. The molecule has 0 fully saturated rings. The van der Waals surface area contributed by atoms with E-state index in [1.54, 1.807) is 19.1 Å². The van der Waals surface area contributed by atoms with Crippen molar-refractivity contribution in [3.05, 3.63) is 112 Å². The molecule has 0 aliphatic rings. The number of halogens is 2. The molecule has 4 rings (SSSR count). The van der Waals surface area contributed by atoms with Gasteiger partial charge in [-0.3, -0.25) is 0 Å². The number of H-pyrrole nitrogens is 1. The zero-order valence-corrected chi connectivity index (χ0v) is 21.4. The highest BCUT2D eigenvalue weighted by atomic mass is 35.5. The Morgan fingerprint density at radius 2 is 1.81 bits per heavy atom. The van der Waals surface area contributed by atoms with E-state index in [4.69, 9.17) is 16.3 Å². The molecule has 4 aromatic rings. The van der Waals surface area contributed by atoms with Gasteiger partial charge >= 0.3 is 5.97 Å². The van der Waals surface area contributed by atoms with Gasteiger partial charge in [-0.25, -0.2) is 9.18 Å². The van der Waals surface area contributed by atoms with E-state index >= 15 is 0 Å². The number of aromatic amines is 1. The highest BCUT2D eigenvalue weighted by Gasteiger charge is 2.19. The van der Waals surface area contributed by atoms with Crippen molar-refractivity contribution in [2.24, 2.45) is 5.92 Å². The van der Waals surface area contributed by atoms with E-state index in [0.717, 1.165) is 50.9 Å². The number of fused-ring (bicyclic) bond motifs is 1. The molecule has 1 aromatic heterocycles. The Morgan fingerprint density at radius 1 is 1.06 bits per heavy atom. The number of rotatable bonds is 8. The maximum Gasteiger partial charge on any atom is 0.330 e. The monoisotopic (exact) mass is 501 g/mol. The summed E-state index contributed by atoms with van der Waals surface area (Å²) in [5.74, 6) is -0.393. The first-order valence-corrected chi connectivity index (χ1v) is 12.5. The van der Waals surface area contributed by atoms with Crippen LogP contribution in [0.1, 0.15) is 49.6 Å². The van der Waals surface area contributed by atoms with Crippen molar-refractivity contribution < 1.29 is 13.9 Å². The number of benzene rings is 3. The maximum absolute atomic E-state index is 13.9. The first kappa shape index (κ1) is 25.5. The smallest absolute Gasteiger partial charge is 0.330 e. The third kappa shape index (κ3) is 5.95. The number of esters is 1. The summed E-state index contributed by atoms with van der Waals surface area (Å²) >= 11 is 6.59. The van der Waals surface area contributed by atoms with Gasteiger partial charge in [-0.2, -0.15) is 0 Å². The predicted molar refractivity (Wildman–Crippen MR) is 147 cm³/mol. The predicted octanol–water partition coefficient (Wildman–Crippen LogP) is 8.54. The Kier molecular flexibility index (Phi) is 8.07. The molecule has 3 nitrogen and oxygen atoms in total. The van der Waals surface area contributed by atoms with Gasteiger partial charge in [0.25, 0.3) is 0 Å². The van der Waals surface area contributed by atoms with Crippen LogP contribution in [-0.2, 0) is 9.53 Å². The van der Waals surface area contributed by atoms with Crippen LogP contribution >= 0.6 is 11.6 Å². The lowest BCUT2D eigenvalue weighted by Crippen LogP contribution is -2.01. The molecule has 0 saturated carbocycles. The summed E-state index contributed by atoms with van der Waals surface area (Å²) < 4.78 is 18.9. The average molecular weight is 502 g/mol. The third-order valence-electron chi connectivity index (χ3n) is 5.87. The molecule has 0 aliphatic heterocycles. The first-order chi connectivity index (χ1) is 17.4. The molecule has 0 radical (unpaired) electrons. The molecule has 1 N–H and O–H groups in total. The van der Waals surface area contributed by atoms with Gasteiger partial charge in [-0.05, 0) is 71.9 Å². The Labute approximate surface area is 216 Å². The Morgan fingerprint density at radius 3 is 2.47 bits per heavy atom. The number of ether oxygens (including phenoxy) is 1. The standard InChI is InChI=1S/C31H29ClFNO2/c1-4-36-30(35)16-11-21-9-12-22(13-10-21)31(29-18-23-7-5-6-8-28(23)34-29)26(17-20(2)3)25-15-14-24(33)19-27(25)32/h5-16,18-20,34H,4,17H2,1-3H3/b16-11+,31-26+. The van der Waals surface area contributed by atoms with Crippen LogP contribution in [0, 0.1) is 11.7 Å². The van der Waals surface area contributed by atoms with Crippen LogP contribution in [0.15, 0.2) is 78.9 Å². The lowest BCUT2D eigenvalue weighted by molar-refractivity contribution is -0.137. The minimum Gasteiger partial charge on any atom is -0.463 e. The fourth-order valence-electron chi connectivity index (χ4n) is 4.31. The number of para-hydroxylation sites is 1. The van der Waals surface area contributed by atoms with Gasteiger partial charge in [0.15, 0.2) is 0 Å². The van der Waals surface area contributed by atoms with E-state index in [9.17, 15) is 9.18 Å². The van der Waals surface area contributed by atoms with Crippen molar-refractivity contribution in [3.8, 4) is 0 Å². The molecule has 0 atom stereocenters. The second-order valence-electron chi connectivity index (χ2n) is 9.05. The molecule has 0 unspecified atom stereocenters. The van der Waals surface area contributed by atoms with E-state index in [0.29, 0.717) is 17.5 Å². The van der Waals surface area contributed by atoms with Gasteiger partial charge < -0.3 is 9.72 Å². The number of hydrogen-bond donors (Lipinski definition) is 1. The van der Waals surface area contributed by atoms with Crippen LogP contribution in [0.5, 0.6) is 0 Å². The van der Waals surface area contributed by atoms with Crippen LogP contribution in [0.4, 0.5) is 4.39 Å². The summed E-state index contributed by atoms with van der Waals surface area (Å²) in [5, 5.41) is 1.49. The average Bonchev–Trinajstić information content (AvgIpc) is 3.27. The molecular formula is C31H29ClFNO2. The minimum absolute atomic E-state index is 0.339. The fourth-order valence-corrected chi connectivity index (χ4v) is 4.59. The molecule has 0 aliphatic carbocycles. The lowest BCUT2D eigenvalue weighted by atomic mass is 9.87. The van der Waals surface area contributed by atoms with Gasteiger partial charge in [-0.15, -0.1) is 0 Å². The Hall–Kier alpha value is -3.63. The highest BCUT2D eigenvalue weighted by Crippen LogP contribution is 2.39. The number of nitrogens with one attached hydrogen (secondary N) is 1. The molecule has 36 heavy (non-hydrogen) atoms. The molecule has 5 heteroatoms. The van der Waals surface area contributed by atoms with Gasteiger partial charge in [0, 0.05) is 28.2 Å². The van der Waals surface area contributed by atoms with Gasteiger partial charge in [0.2, 0.25) is 0 Å². The van der Waals surface area contributed by atoms with Crippen molar-refractivity contribution in [2.75, 3.05) is 6.61 Å². The molecule has 0 spiro atoms. The summed E-state index contributed by atoms with van der Waals surface area (Å²) in [5.41, 5.74) is 6.73. The molecule has 0 bridgehead atoms. The second-order valence-corrected chi connectivity index (χ2v) is 9.46. The van der Waals surface area contributed by atoms with Gasteiger partial charge in [0.1, 0.15) is 5.82 Å². The van der Waals surface area contributed by atoms with Crippen molar-refractivity contribution in [1.29, 1.82) is 0 Å². The quantitative estimate of drug-likeness (QED) is 0.149. The van der Waals surface area contributed by atoms with Crippen molar-refractivity contribution >= 4 is 45.7 Å². The minimum atomic E-state index is -0.370. The first-order valence-electron chi connectivity index (χ1n) is 12.1. The SMILES string of the molecule is CCOC(=O)/C=C/c1ccc(/C(=C(/CC(C)C)c2ccc(F)cc2Cl)c2cc3ccccc3[nH]2)cc1. The summed E-state index contributed by atoms with van der Waals surface area (Å²) in [6.45, 7) is 6.43. The Bertz CT molecular complexity index is 1400. The van der Waals surface area contributed by atoms with Crippen LogP contribution in [-0.4, -0.2) is 17.6 Å². The largest absolute Gasteiger partial charge is 0.463 e. The van der Waals surface area contributed by atoms with E-state index in [-0.39, 0.29) is 11.8 Å². The van der Waals surface area contributed by atoms with Crippen molar-refractivity contribution in [3.63, 3.8) is 0 Å². The normalized spacial score (nSPS) is 12.4. The zero-order valence-electron chi connectivity index (χ0n) is 20.6. The number of hydrogen-bond acceptors (Lipinski definition) is 2. The van der Waals surface area contributed by atoms with Crippen LogP contribution < -0.4 is 0 Å². The molecule has 1 heterocycles. The lowest BCUT2D eigenvalue weighted by Gasteiger charge is -2.19. The van der Waals surface area contributed by atoms with Crippen molar-refractivity contribution in [1.82, 2.24) is 4.98 Å². The number of allylic oxidation sites excluding steroid dienone is 1. The molecule has 0 amide bonds. The van der Waals surface area contributed by atoms with Crippen molar-refractivity contribution in [2.45, 2.75) is 27.2 Å². The topological polar surface area (TPSA) is 42.1 Å². The number of carbonyl (C=O) groups is 1. The second kappa shape index (κ2) is 11.4. The third-order valence-corrected chi connectivity index (χ3v) is 6.18. The summed E-state index contributed by atoms with van der Waals surface area (Å²) in [6.07, 6.45) is 3.91. The maximum atomic E-state index is 13.9. The molecule has 184 valence electrons. The van der Waals surface area contributed by atoms with Crippen LogP contribution in [0.2, 0.25) is 5.02 Å². The summed E-state index contributed by atoms with van der Waals surface area (Å²) in [4.78, 5) is 15.3.